The fourth-order valence-corrected chi connectivity index (χ4v) is 2.48. The number of hydrogen-bond acceptors (Lipinski definition) is 2. The number of fused-ring (bicyclic) bond motifs is 1. The lowest BCUT2D eigenvalue weighted by molar-refractivity contribution is -0.334. The van der Waals surface area contributed by atoms with Crippen LogP contribution in [0.25, 0.3) is 11.0 Å². The maximum absolute atomic E-state index is 11.9. The van der Waals surface area contributed by atoms with E-state index in [4.69, 9.17) is 11.6 Å². The van der Waals surface area contributed by atoms with Crippen LogP contribution < -0.4 is 10.3 Å². The summed E-state index contributed by atoms with van der Waals surface area (Å²) in [4.78, 5) is 22.0. The van der Waals surface area contributed by atoms with E-state index in [1.165, 1.54) is 0 Å². The molecule has 0 aliphatic heterocycles. The monoisotopic (exact) mass is 379 g/mol. The highest BCUT2D eigenvalue weighted by Gasteiger charge is 2.26. The van der Waals surface area contributed by atoms with Gasteiger partial charge in [0.25, 0.3) is 5.91 Å². The average Bonchev–Trinajstić information content (AvgIpc) is 2.59. The highest BCUT2D eigenvalue weighted by atomic mass is 127. The number of aromatic amines is 2. The molecule has 2 heterocycles. The van der Waals surface area contributed by atoms with E-state index in [2.05, 4.69) is 42.9 Å². The fourth-order valence-electron chi connectivity index (χ4n) is 1.35. The Morgan fingerprint density at radius 3 is 2.83 bits per heavy atom. The first-order chi connectivity index (χ1) is 8.29. The molecule has 0 fully saturated rings. The van der Waals surface area contributed by atoms with Crippen LogP contribution in [0, 0.1) is 8.99 Å². The van der Waals surface area contributed by atoms with E-state index in [0.717, 1.165) is 14.6 Å². The van der Waals surface area contributed by atoms with Crippen molar-refractivity contribution in [1.29, 1.82) is 0 Å². The van der Waals surface area contributed by atoms with E-state index in [-0.39, 0.29) is 5.91 Å². The maximum Gasteiger partial charge on any atom is 0.353 e. The van der Waals surface area contributed by atoms with Crippen LogP contribution in [-0.2, 0) is 4.79 Å². The van der Waals surface area contributed by atoms with Crippen LogP contribution in [-0.4, -0.2) is 15.9 Å². The van der Waals surface area contributed by atoms with Crippen LogP contribution >= 0.6 is 34.2 Å². The number of aromatic nitrogens is 3. The lowest BCUT2D eigenvalue weighted by Gasteiger charge is -2.13. The summed E-state index contributed by atoms with van der Waals surface area (Å²) < 4.78 is 0.977. The Bertz CT molecular complexity index is 617. The standard InChI is InChI=1S/C11H12ClIN4O/c1-11(2,3)9(18)17-10-15-7(12)6-5(13)4-14-8(6)16-10/h4H,1-3H3,(H2,14,15,16,17,18)/p+1. The predicted octanol–water partition coefficient (Wildman–Crippen LogP) is 2.62. The van der Waals surface area contributed by atoms with E-state index in [1.807, 2.05) is 27.0 Å². The van der Waals surface area contributed by atoms with Crippen molar-refractivity contribution < 1.29 is 9.78 Å². The third-order valence-corrected chi connectivity index (χ3v) is 3.53. The van der Waals surface area contributed by atoms with Gasteiger partial charge in [-0.2, -0.15) is 0 Å². The van der Waals surface area contributed by atoms with Gasteiger partial charge in [0, 0.05) is 0 Å². The number of amides is 1. The number of carbonyl (C=O) groups is 1. The molecule has 2 aromatic heterocycles. The minimum absolute atomic E-state index is 0.122. The van der Waals surface area contributed by atoms with Gasteiger partial charge in [-0.05, 0) is 34.2 Å². The summed E-state index contributed by atoms with van der Waals surface area (Å²) in [5, 5.41) is 3.90. The first kappa shape index (κ1) is 13.5. The number of anilines is 1. The Morgan fingerprint density at radius 2 is 2.22 bits per heavy atom. The maximum atomic E-state index is 11.9. The lowest BCUT2D eigenvalue weighted by atomic mass is 9.96. The van der Waals surface area contributed by atoms with E-state index in [1.54, 1.807) is 0 Å². The van der Waals surface area contributed by atoms with E-state index in [9.17, 15) is 4.79 Å². The van der Waals surface area contributed by atoms with Crippen LogP contribution in [0.4, 0.5) is 5.95 Å². The molecule has 96 valence electrons. The Morgan fingerprint density at radius 1 is 1.56 bits per heavy atom. The third-order valence-electron chi connectivity index (χ3n) is 2.40. The molecular formula is C11H13ClIN4O+. The van der Waals surface area contributed by atoms with Crippen molar-refractivity contribution in [2.45, 2.75) is 20.8 Å². The fraction of sp³-hybridized carbons (Fsp3) is 0.364. The summed E-state index contributed by atoms with van der Waals surface area (Å²) in [6, 6.07) is 0. The Hall–Kier alpha value is -0.890. The van der Waals surface area contributed by atoms with Crippen molar-refractivity contribution in [1.82, 2.24) is 9.97 Å². The van der Waals surface area contributed by atoms with Gasteiger partial charge < -0.3 is 0 Å². The van der Waals surface area contributed by atoms with Gasteiger partial charge in [-0.3, -0.25) is 9.78 Å². The number of nitrogens with one attached hydrogen (secondary N) is 3. The number of H-pyrrole nitrogens is 2. The highest BCUT2D eigenvalue weighted by molar-refractivity contribution is 14.1. The Kier molecular flexibility index (Phi) is 3.50. The molecule has 0 atom stereocenters. The molecule has 3 N–H and O–H groups in total. The molecule has 1 amide bonds. The minimum atomic E-state index is -0.485. The first-order valence-corrected chi connectivity index (χ1v) is 6.81. The topological polar surface area (TPSA) is 71.9 Å². The van der Waals surface area contributed by atoms with Crippen LogP contribution in [0.3, 0.4) is 0 Å². The second kappa shape index (κ2) is 4.65. The molecule has 0 saturated carbocycles. The summed E-state index contributed by atoms with van der Waals surface area (Å²) in [5.74, 6) is 0.216. The van der Waals surface area contributed by atoms with Crippen LogP contribution in [0.1, 0.15) is 20.8 Å². The third kappa shape index (κ3) is 2.59. The summed E-state index contributed by atoms with van der Waals surface area (Å²) in [6.45, 7) is 5.50. The minimum Gasteiger partial charge on any atom is -0.295 e. The van der Waals surface area contributed by atoms with Crippen molar-refractivity contribution in [3.8, 4) is 0 Å². The molecule has 0 spiro atoms. The van der Waals surface area contributed by atoms with E-state index >= 15 is 0 Å². The number of carbonyl (C=O) groups excluding carboxylic acids is 1. The van der Waals surface area contributed by atoms with E-state index in [0.29, 0.717) is 11.1 Å². The van der Waals surface area contributed by atoms with Crippen molar-refractivity contribution in [3.63, 3.8) is 0 Å². The smallest absolute Gasteiger partial charge is 0.295 e. The second-order valence-corrected chi connectivity index (χ2v) is 6.49. The van der Waals surface area contributed by atoms with Gasteiger partial charge in [0.1, 0.15) is 5.39 Å². The highest BCUT2D eigenvalue weighted by Crippen LogP contribution is 2.24. The molecule has 18 heavy (non-hydrogen) atoms. The molecule has 0 unspecified atom stereocenters. The molecule has 0 aliphatic carbocycles. The van der Waals surface area contributed by atoms with Crippen molar-refractivity contribution in [3.05, 3.63) is 14.9 Å². The SMILES string of the molecule is CC(C)(C)C(=O)Nc1nc(Cl)c2c(I)c[nH]c2[nH+]1. The van der Waals surface area contributed by atoms with Gasteiger partial charge in [-0.15, -0.1) is 0 Å². The van der Waals surface area contributed by atoms with Gasteiger partial charge in [0.15, 0.2) is 0 Å². The second-order valence-electron chi connectivity index (χ2n) is 4.97. The number of nitrogens with zero attached hydrogens (tertiary/aromatic N) is 1. The molecule has 0 saturated heterocycles. The molecule has 0 aliphatic rings. The number of rotatable bonds is 1. The largest absolute Gasteiger partial charge is 0.353 e. The Labute approximate surface area is 123 Å². The normalized spacial score (nSPS) is 11.8. The predicted molar refractivity (Wildman–Crippen MR) is 78.5 cm³/mol. The number of hydrogen-bond donors (Lipinski definition) is 2. The zero-order valence-corrected chi connectivity index (χ0v) is 13.1. The van der Waals surface area contributed by atoms with Crippen molar-refractivity contribution in [2.75, 3.05) is 5.32 Å². The average molecular weight is 380 g/mol. The molecular weight excluding hydrogens is 367 g/mol. The summed E-state index contributed by atoms with van der Waals surface area (Å²) in [6.07, 6.45) is 1.82. The van der Waals surface area contributed by atoms with Crippen LogP contribution in [0.5, 0.6) is 0 Å². The quantitative estimate of drug-likeness (QED) is 0.590. The van der Waals surface area contributed by atoms with Gasteiger partial charge in [0.05, 0.1) is 15.2 Å². The van der Waals surface area contributed by atoms with Crippen LogP contribution in [0.2, 0.25) is 5.15 Å². The lowest BCUT2D eigenvalue weighted by Crippen LogP contribution is -2.31. The van der Waals surface area contributed by atoms with Gasteiger partial charge in [-0.1, -0.05) is 25.8 Å². The molecule has 0 aromatic carbocycles. The number of halogens is 2. The first-order valence-electron chi connectivity index (χ1n) is 5.36. The van der Waals surface area contributed by atoms with Gasteiger partial charge in [0.2, 0.25) is 10.8 Å². The van der Waals surface area contributed by atoms with E-state index < -0.39 is 5.41 Å². The molecule has 0 radical (unpaired) electrons. The van der Waals surface area contributed by atoms with Gasteiger partial charge >= 0.3 is 5.95 Å². The molecule has 0 bridgehead atoms. The molecule has 2 aromatic rings. The summed E-state index contributed by atoms with van der Waals surface area (Å²) in [5.41, 5.74) is 0.254. The molecule has 5 nitrogen and oxygen atoms in total. The van der Waals surface area contributed by atoms with Crippen molar-refractivity contribution >= 4 is 57.1 Å². The zero-order valence-electron chi connectivity index (χ0n) is 10.2. The van der Waals surface area contributed by atoms with Crippen molar-refractivity contribution in [2.24, 2.45) is 5.41 Å². The van der Waals surface area contributed by atoms with Gasteiger partial charge in [-0.25, -0.2) is 10.3 Å². The van der Waals surface area contributed by atoms with Crippen LogP contribution in [0.15, 0.2) is 6.20 Å². The zero-order chi connectivity index (χ0) is 13.5. The summed E-state index contributed by atoms with van der Waals surface area (Å²) in [7, 11) is 0. The molecule has 7 heteroatoms. The summed E-state index contributed by atoms with van der Waals surface area (Å²) >= 11 is 8.27. The Balaban J connectivity index is 2.39. The molecule has 2 rings (SSSR count).